The smallest absolute Gasteiger partial charge is 0.267 e. The Kier molecular flexibility index (Phi) is 7.82. The fraction of sp³-hybridized carbons (Fsp3) is 0.367. The zero-order valence-electron chi connectivity index (χ0n) is 22.5. The van der Waals surface area contributed by atoms with Crippen LogP contribution in [0.1, 0.15) is 44.6 Å². The second-order valence-electron chi connectivity index (χ2n) is 10.8. The largest absolute Gasteiger partial charge is 0.494 e. The highest BCUT2D eigenvalue weighted by atomic mass is 32.2. The number of carbonyl (C=O) groups is 1. The molecule has 0 fully saturated rings. The van der Waals surface area contributed by atoms with E-state index >= 15 is 0 Å². The van der Waals surface area contributed by atoms with Gasteiger partial charge in [0.1, 0.15) is 16.4 Å². The monoisotopic (exact) mass is 565 g/mol. The quantitative estimate of drug-likeness (QED) is 0.196. The van der Waals surface area contributed by atoms with Crippen LogP contribution < -0.4 is 15.6 Å². The normalized spacial score (nSPS) is 15.3. The summed E-state index contributed by atoms with van der Waals surface area (Å²) in [5.41, 5.74) is 2.38. The van der Waals surface area contributed by atoms with E-state index in [4.69, 9.17) is 9.72 Å². The highest BCUT2D eigenvalue weighted by Gasteiger charge is 2.32. The number of benzene rings is 2. The van der Waals surface area contributed by atoms with Gasteiger partial charge in [0.05, 0.1) is 23.4 Å². The summed E-state index contributed by atoms with van der Waals surface area (Å²) >= 11 is 2.81. The number of halogens is 1. The summed E-state index contributed by atoms with van der Waals surface area (Å²) in [5.74, 6) is 0.681. The van der Waals surface area contributed by atoms with Crippen LogP contribution in [-0.4, -0.2) is 27.8 Å². The molecular weight excluding hydrogens is 533 g/mol. The summed E-state index contributed by atoms with van der Waals surface area (Å²) < 4.78 is 20.4. The number of aromatic nitrogens is 2. The predicted octanol–water partition coefficient (Wildman–Crippen LogP) is 6.87. The number of thioether (sulfide) groups is 1. The summed E-state index contributed by atoms with van der Waals surface area (Å²) in [7, 11) is 0. The average Bonchev–Trinajstić information content (AvgIpc) is 3.27. The molecule has 6 nitrogen and oxygen atoms in total. The van der Waals surface area contributed by atoms with E-state index in [0.29, 0.717) is 34.4 Å². The zero-order valence-corrected chi connectivity index (χ0v) is 24.2. The molecule has 1 aliphatic rings. The number of aryl methyl sites for hydroxylation is 1. The van der Waals surface area contributed by atoms with Gasteiger partial charge in [-0.05, 0) is 91.6 Å². The van der Waals surface area contributed by atoms with Crippen molar-refractivity contribution in [1.29, 1.82) is 0 Å². The number of hydrogen-bond acceptors (Lipinski definition) is 6. The van der Waals surface area contributed by atoms with E-state index < -0.39 is 0 Å². The second kappa shape index (κ2) is 11.1. The summed E-state index contributed by atoms with van der Waals surface area (Å²) in [6.45, 7) is 9.30. The SMILES string of the molecule is CCOc1ccc(-n2c(SCC(=O)Nc3ccc(F)cc3)nc3sc4c(c3c2=O)CCC(C(C)(C)C)C4)cc1. The third-order valence-electron chi connectivity index (χ3n) is 7.14. The molecule has 1 amide bonds. The predicted molar refractivity (Wildman–Crippen MR) is 157 cm³/mol. The number of fused-ring (bicyclic) bond motifs is 3. The van der Waals surface area contributed by atoms with Gasteiger partial charge in [0.25, 0.3) is 5.56 Å². The highest BCUT2D eigenvalue weighted by Crippen LogP contribution is 2.42. The van der Waals surface area contributed by atoms with E-state index in [-0.39, 0.29) is 28.5 Å². The van der Waals surface area contributed by atoms with Crippen molar-refractivity contribution in [1.82, 2.24) is 9.55 Å². The standard InChI is InChI=1S/C30H32FN3O3S2/c1-5-37-22-13-11-21(12-14-22)34-28(36)26-23-15-6-18(30(2,3)4)16-24(23)39-27(26)33-29(34)38-17-25(35)32-20-9-7-19(31)8-10-20/h7-14,18H,5-6,15-17H2,1-4H3,(H,32,35). The molecule has 0 bridgehead atoms. The van der Waals surface area contributed by atoms with Gasteiger partial charge in [0, 0.05) is 10.6 Å². The Hall–Kier alpha value is -3.17. The number of rotatable bonds is 7. The molecule has 9 heteroatoms. The van der Waals surface area contributed by atoms with Crippen LogP contribution in [0.3, 0.4) is 0 Å². The molecule has 1 aliphatic carbocycles. The first-order valence-corrected chi connectivity index (χ1v) is 14.9. The van der Waals surface area contributed by atoms with Crippen molar-refractivity contribution < 1.29 is 13.9 Å². The van der Waals surface area contributed by atoms with E-state index in [2.05, 4.69) is 26.1 Å². The number of hydrogen-bond donors (Lipinski definition) is 1. The Morgan fingerprint density at radius 3 is 2.56 bits per heavy atom. The number of thiophene rings is 1. The molecule has 0 spiro atoms. The molecule has 1 atom stereocenters. The lowest BCUT2D eigenvalue weighted by atomic mass is 9.72. The van der Waals surface area contributed by atoms with Crippen LogP contribution in [0.2, 0.25) is 0 Å². The molecule has 0 saturated heterocycles. The van der Waals surface area contributed by atoms with E-state index in [1.54, 1.807) is 15.9 Å². The molecule has 1 N–H and O–H groups in total. The summed E-state index contributed by atoms with van der Waals surface area (Å²) in [6, 6.07) is 13.0. The van der Waals surface area contributed by atoms with Gasteiger partial charge in [-0.25, -0.2) is 9.37 Å². The lowest BCUT2D eigenvalue weighted by Crippen LogP contribution is -2.27. The number of ether oxygens (including phenoxy) is 1. The van der Waals surface area contributed by atoms with Crippen molar-refractivity contribution in [3.05, 3.63) is 75.1 Å². The van der Waals surface area contributed by atoms with Crippen LogP contribution in [0.5, 0.6) is 5.75 Å². The molecule has 0 saturated carbocycles. The third kappa shape index (κ3) is 5.89. The van der Waals surface area contributed by atoms with E-state index in [0.717, 1.165) is 35.4 Å². The Labute approximate surface area is 235 Å². The highest BCUT2D eigenvalue weighted by molar-refractivity contribution is 7.99. The van der Waals surface area contributed by atoms with E-state index in [1.807, 2.05) is 31.2 Å². The lowest BCUT2D eigenvalue weighted by molar-refractivity contribution is -0.113. The first kappa shape index (κ1) is 27.4. The molecule has 39 heavy (non-hydrogen) atoms. The van der Waals surface area contributed by atoms with Gasteiger partial charge in [-0.3, -0.25) is 14.2 Å². The summed E-state index contributed by atoms with van der Waals surface area (Å²) in [6.07, 6.45) is 2.86. The minimum Gasteiger partial charge on any atom is -0.494 e. The third-order valence-corrected chi connectivity index (χ3v) is 9.23. The van der Waals surface area contributed by atoms with Gasteiger partial charge in [-0.15, -0.1) is 11.3 Å². The molecule has 2 aromatic carbocycles. The second-order valence-corrected chi connectivity index (χ2v) is 12.8. The maximum absolute atomic E-state index is 14.1. The van der Waals surface area contributed by atoms with Crippen molar-refractivity contribution in [3.8, 4) is 11.4 Å². The van der Waals surface area contributed by atoms with Crippen LogP contribution in [0.4, 0.5) is 10.1 Å². The fourth-order valence-electron chi connectivity index (χ4n) is 4.99. The summed E-state index contributed by atoms with van der Waals surface area (Å²) in [5, 5.41) is 3.92. The van der Waals surface area contributed by atoms with Crippen molar-refractivity contribution in [3.63, 3.8) is 0 Å². The molecule has 0 radical (unpaired) electrons. The molecular formula is C30H32FN3O3S2. The molecule has 204 valence electrons. The average molecular weight is 566 g/mol. The van der Waals surface area contributed by atoms with Gasteiger partial charge < -0.3 is 10.1 Å². The Morgan fingerprint density at radius 1 is 1.18 bits per heavy atom. The molecule has 2 heterocycles. The number of nitrogens with one attached hydrogen (secondary N) is 1. The lowest BCUT2D eigenvalue weighted by Gasteiger charge is -2.33. The van der Waals surface area contributed by atoms with Crippen molar-refractivity contribution >= 4 is 44.9 Å². The van der Waals surface area contributed by atoms with Crippen molar-refractivity contribution in [2.24, 2.45) is 11.3 Å². The molecule has 1 unspecified atom stereocenters. The number of anilines is 1. The Morgan fingerprint density at radius 2 is 1.90 bits per heavy atom. The maximum Gasteiger partial charge on any atom is 0.267 e. The number of carbonyl (C=O) groups excluding carboxylic acids is 1. The van der Waals surface area contributed by atoms with Gasteiger partial charge in [0.2, 0.25) is 5.91 Å². The first-order valence-electron chi connectivity index (χ1n) is 13.1. The van der Waals surface area contributed by atoms with Crippen LogP contribution in [0, 0.1) is 17.2 Å². The van der Waals surface area contributed by atoms with Gasteiger partial charge >= 0.3 is 0 Å². The van der Waals surface area contributed by atoms with Crippen LogP contribution in [0.15, 0.2) is 58.5 Å². The maximum atomic E-state index is 14.1. The fourth-order valence-corrected chi connectivity index (χ4v) is 7.14. The Balaban J connectivity index is 1.52. The van der Waals surface area contributed by atoms with Crippen LogP contribution in [-0.2, 0) is 17.6 Å². The number of amides is 1. The van der Waals surface area contributed by atoms with Crippen molar-refractivity contribution in [2.75, 3.05) is 17.7 Å². The minimum atomic E-state index is -0.369. The van der Waals surface area contributed by atoms with Gasteiger partial charge in [0.15, 0.2) is 5.16 Å². The molecule has 4 aromatic rings. The Bertz CT molecular complexity index is 1550. The van der Waals surface area contributed by atoms with Crippen LogP contribution >= 0.6 is 23.1 Å². The first-order chi connectivity index (χ1) is 18.6. The summed E-state index contributed by atoms with van der Waals surface area (Å²) in [4.78, 5) is 33.7. The van der Waals surface area contributed by atoms with E-state index in [9.17, 15) is 14.0 Å². The van der Waals surface area contributed by atoms with E-state index in [1.165, 1.54) is 40.9 Å². The molecule has 0 aliphatic heterocycles. The van der Waals surface area contributed by atoms with Gasteiger partial charge in [-0.1, -0.05) is 32.5 Å². The molecule has 2 aromatic heterocycles. The minimum absolute atomic E-state index is 0.0452. The number of nitrogens with zero attached hydrogens (tertiary/aromatic N) is 2. The zero-order chi connectivity index (χ0) is 27.7. The topological polar surface area (TPSA) is 73.2 Å². The van der Waals surface area contributed by atoms with Crippen molar-refractivity contribution in [2.45, 2.75) is 52.1 Å². The molecule has 5 rings (SSSR count). The van der Waals surface area contributed by atoms with Gasteiger partial charge in [-0.2, -0.15) is 0 Å². The van der Waals surface area contributed by atoms with Crippen LogP contribution in [0.25, 0.3) is 15.9 Å².